The van der Waals surface area contributed by atoms with Crippen molar-refractivity contribution in [3.8, 4) is 11.4 Å². The van der Waals surface area contributed by atoms with Gasteiger partial charge in [-0.05, 0) is 67.6 Å². The van der Waals surface area contributed by atoms with Gasteiger partial charge in [-0.1, -0.05) is 29.3 Å². The molecule has 1 aromatic heterocycles. The highest BCUT2D eigenvalue weighted by Gasteiger charge is 2.30. The first-order chi connectivity index (χ1) is 14.2. The number of nitrogens with one attached hydrogen (secondary N) is 1. The molecule has 3 aromatic rings. The Bertz CT molecular complexity index is 1030. The normalized spacial score (nSPS) is 21.2. The van der Waals surface area contributed by atoms with E-state index in [9.17, 15) is 0 Å². The Morgan fingerprint density at radius 3 is 2.59 bits per heavy atom. The molecule has 150 valence electrons. The standard InChI is InChI=1S/C22H22Cl2N4O/c23-16-2-1-3-19(11-16)29-18-7-4-14(5-8-18)22-27-26-21-13-25-12-15-10-17(24)6-9-20(15)28(21)22/h1-3,6,9-11,14,18,25H,4-5,7-8,12-13H2/t14-,18-. The van der Waals surface area contributed by atoms with Crippen molar-refractivity contribution in [2.45, 2.75) is 50.8 Å². The summed E-state index contributed by atoms with van der Waals surface area (Å²) in [6, 6.07) is 13.7. The van der Waals surface area contributed by atoms with Gasteiger partial charge in [0, 0.05) is 22.5 Å². The average molecular weight is 429 g/mol. The maximum absolute atomic E-state index is 6.22. The number of hydrogen-bond donors (Lipinski definition) is 1. The zero-order valence-corrected chi connectivity index (χ0v) is 17.5. The van der Waals surface area contributed by atoms with Gasteiger partial charge in [0.15, 0.2) is 5.82 Å². The van der Waals surface area contributed by atoms with Crippen LogP contribution in [-0.2, 0) is 13.1 Å². The van der Waals surface area contributed by atoms with E-state index >= 15 is 0 Å². The van der Waals surface area contributed by atoms with Crippen LogP contribution in [0.15, 0.2) is 42.5 Å². The summed E-state index contributed by atoms with van der Waals surface area (Å²) in [5, 5.41) is 14.0. The molecule has 1 aliphatic heterocycles. The lowest BCUT2D eigenvalue weighted by atomic mass is 9.86. The van der Waals surface area contributed by atoms with Crippen molar-refractivity contribution in [2.75, 3.05) is 0 Å². The van der Waals surface area contributed by atoms with Crippen molar-refractivity contribution in [2.24, 2.45) is 0 Å². The van der Waals surface area contributed by atoms with Crippen LogP contribution >= 0.6 is 23.2 Å². The summed E-state index contributed by atoms with van der Waals surface area (Å²) in [6.07, 6.45) is 4.25. The lowest BCUT2D eigenvalue weighted by Gasteiger charge is -2.29. The summed E-state index contributed by atoms with van der Waals surface area (Å²) in [7, 11) is 0. The van der Waals surface area contributed by atoms with Gasteiger partial charge in [0.1, 0.15) is 11.6 Å². The van der Waals surface area contributed by atoms with Crippen LogP contribution in [0, 0.1) is 0 Å². The molecule has 1 saturated carbocycles. The van der Waals surface area contributed by atoms with Gasteiger partial charge in [0.25, 0.3) is 0 Å². The first kappa shape index (κ1) is 18.9. The Balaban J connectivity index is 1.35. The Morgan fingerprint density at radius 1 is 0.931 bits per heavy atom. The Kier molecular flexibility index (Phi) is 5.20. The molecule has 5 rings (SSSR count). The van der Waals surface area contributed by atoms with Crippen molar-refractivity contribution < 1.29 is 4.74 Å². The molecule has 0 spiro atoms. The first-order valence-corrected chi connectivity index (χ1v) is 10.8. The topological polar surface area (TPSA) is 52.0 Å². The molecule has 2 aliphatic rings. The van der Waals surface area contributed by atoms with Crippen molar-refractivity contribution in [1.29, 1.82) is 0 Å². The van der Waals surface area contributed by atoms with E-state index in [4.69, 9.17) is 27.9 Å². The Labute approximate surface area is 180 Å². The largest absolute Gasteiger partial charge is 0.490 e. The molecule has 7 heteroatoms. The smallest absolute Gasteiger partial charge is 0.151 e. The van der Waals surface area contributed by atoms with Crippen molar-refractivity contribution in [1.82, 2.24) is 20.1 Å². The number of fused-ring (bicyclic) bond motifs is 3. The molecular formula is C22H22Cl2N4O. The fourth-order valence-electron chi connectivity index (χ4n) is 4.37. The molecule has 0 bridgehead atoms. The fourth-order valence-corrected chi connectivity index (χ4v) is 4.74. The van der Waals surface area contributed by atoms with E-state index < -0.39 is 0 Å². The van der Waals surface area contributed by atoms with Crippen LogP contribution in [0.4, 0.5) is 0 Å². The molecular weight excluding hydrogens is 407 g/mol. The number of nitrogens with zero attached hydrogens (tertiary/aromatic N) is 3. The summed E-state index contributed by atoms with van der Waals surface area (Å²) in [5.41, 5.74) is 2.31. The van der Waals surface area contributed by atoms with Crippen LogP contribution in [0.5, 0.6) is 5.75 Å². The SMILES string of the molecule is Clc1cccc(O[C@H]2CC[C@H](c3nnc4n3-c3ccc(Cl)cc3CNC4)CC2)c1. The predicted octanol–water partition coefficient (Wildman–Crippen LogP) is 5.28. The third-order valence-electron chi connectivity index (χ3n) is 5.77. The Morgan fingerprint density at radius 2 is 1.76 bits per heavy atom. The quantitative estimate of drug-likeness (QED) is 0.615. The van der Waals surface area contributed by atoms with E-state index in [2.05, 4.69) is 26.1 Å². The summed E-state index contributed by atoms with van der Waals surface area (Å²) < 4.78 is 8.38. The average Bonchev–Trinajstić information content (AvgIpc) is 3.04. The summed E-state index contributed by atoms with van der Waals surface area (Å²) in [4.78, 5) is 0. The van der Waals surface area contributed by atoms with Crippen LogP contribution < -0.4 is 10.1 Å². The lowest BCUT2D eigenvalue weighted by Crippen LogP contribution is -2.25. The lowest BCUT2D eigenvalue weighted by molar-refractivity contribution is 0.144. The van der Waals surface area contributed by atoms with Gasteiger partial charge in [-0.25, -0.2) is 0 Å². The molecule has 1 N–H and O–H groups in total. The van der Waals surface area contributed by atoms with E-state index in [1.54, 1.807) is 0 Å². The molecule has 2 heterocycles. The molecule has 0 radical (unpaired) electrons. The summed E-state index contributed by atoms with van der Waals surface area (Å²) in [6.45, 7) is 1.48. The molecule has 0 atom stereocenters. The molecule has 1 aliphatic carbocycles. The highest BCUT2D eigenvalue weighted by molar-refractivity contribution is 6.31. The molecule has 2 aromatic carbocycles. The second-order valence-electron chi connectivity index (χ2n) is 7.74. The number of halogens is 2. The maximum Gasteiger partial charge on any atom is 0.151 e. The molecule has 0 amide bonds. The molecule has 0 unspecified atom stereocenters. The van der Waals surface area contributed by atoms with Crippen molar-refractivity contribution in [3.63, 3.8) is 0 Å². The van der Waals surface area contributed by atoms with E-state index in [1.165, 1.54) is 5.56 Å². The third-order valence-corrected chi connectivity index (χ3v) is 6.24. The highest BCUT2D eigenvalue weighted by Crippen LogP contribution is 2.36. The van der Waals surface area contributed by atoms with Crippen LogP contribution in [0.1, 0.15) is 48.8 Å². The van der Waals surface area contributed by atoms with Crippen LogP contribution in [-0.4, -0.2) is 20.9 Å². The van der Waals surface area contributed by atoms with Gasteiger partial charge in [0.2, 0.25) is 0 Å². The number of benzene rings is 2. The number of hydrogen-bond acceptors (Lipinski definition) is 4. The monoisotopic (exact) mass is 428 g/mol. The van der Waals surface area contributed by atoms with Gasteiger partial charge in [-0.15, -0.1) is 10.2 Å². The number of aromatic nitrogens is 3. The highest BCUT2D eigenvalue weighted by atomic mass is 35.5. The summed E-state index contributed by atoms with van der Waals surface area (Å²) >= 11 is 12.3. The van der Waals surface area contributed by atoms with Crippen molar-refractivity contribution >= 4 is 23.2 Å². The minimum Gasteiger partial charge on any atom is -0.490 e. The maximum atomic E-state index is 6.22. The Hall–Kier alpha value is -2.08. The van der Waals surface area contributed by atoms with E-state index in [1.807, 2.05) is 36.4 Å². The third kappa shape index (κ3) is 3.87. The molecule has 0 saturated heterocycles. The number of rotatable bonds is 3. The fraction of sp³-hybridized carbons (Fsp3) is 0.364. The van der Waals surface area contributed by atoms with Gasteiger partial charge < -0.3 is 10.1 Å². The van der Waals surface area contributed by atoms with Gasteiger partial charge >= 0.3 is 0 Å². The van der Waals surface area contributed by atoms with Crippen molar-refractivity contribution in [3.05, 3.63) is 69.7 Å². The zero-order chi connectivity index (χ0) is 19.8. The van der Waals surface area contributed by atoms with Crippen LogP contribution in [0.3, 0.4) is 0 Å². The predicted molar refractivity (Wildman–Crippen MR) is 114 cm³/mol. The zero-order valence-electron chi connectivity index (χ0n) is 15.9. The molecule has 29 heavy (non-hydrogen) atoms. The number of ether oxygens (including phenoxy) is 1. The molecule has 5 nitrogen and oxygen atoms in total. The van der Waals surface area contributed by atoms with E-state index in [0.717, 1.165) is 60.3 Å². The first-order valence-electron chi connectivity index (χ1n) is 10.0. The second kappa shape index (κ2) is 7.98. The van der Waals surface area contributed by atoms with Crippen LogP contribution in [0.2, 0.25) is 10.0 Å². The minimum atomic E-state index is 0.212. The van der Waals surface area contributed by atoms with Gasteiger partial charge in [-0.3, -0.25) is 4.57 Å². The minimum absolute atomic E-state index is 0.212. The van der Waals surface area contributed by atoms with Gasteiger partial charge in [0.05, 0.1) is 18.3 Å². The van der Waals surface area contributed by atoms with Gasteiger partial charge in [-0.2, -0.15) is 0 Å². The summed E-state index contributed by atoms with van der Waals surface area (Å²) in [5.74, 6) is 3.22. The van der Waals surface area contributed by atoms with E-state index in [0.29, 0.717) is 17.5 Å². The van der Waals surface area contributed by atoms with E-state index in [-0.39, 0.29) is 6.10 Å². The second-order valence-corrected chi connectivity index (χ2v) is 8.61. The molecule has 1 fully saturated rings. The van der Waals surface area contributed by atoms with Crippen LogP contribution in [0.25, 0.3) is 5.69 Å².